The third-order valence-electron chi connectivity index (χ3n) is 5.19. The number of hydrogen-bond donors (Lipinski definition) is 1. The van der Waals surface area contributed by atoms with Gasteiger partial charge in [0.1, 0.15) is 5.75 Å². The first-order valence-corrected chi connectivity index (χ1v) is 9.25. The number of amides is 1. The van der Waals surface area contributed by atoms with Crippen LogP contribution in [-0.4, -0.2) is 22.8 Å². The van der Waals surface area contributed by atoms with E-state index < -0.39 is 0 Å². The van der Waals surface area contributed by atoms with E-state index in [4.69, 9.17) is 4.74 Å². The Kier molecular flexibility index (Phi) is 4.67. The van der Waals surface area contributed by atoms with Crippen molar-refractivity contribution in [3.63, 3.8) is 0 Å². The van der Waals surface area contributed by atoms with Gasteiger partial charge in [0.05, 0.1) is 25.0 Å². The van der Waals surface area contributed by atoms with E-state index in [1.807, 2.05) is 66.3 Å². The molecular weight excluding hydrogens is 338 g/mol. The number of rotatable bonds is 4. The topological polar surface area (TPSA) is 56.1 Å². The lowest BCUT2D eigenvalue weighted by Crippen LogP contribution is -2.31. The lowest BCUT2D eigenvalue weighted by Gasteiger charge is -2.24. The molecule has 1 heterocycles. The molecule has 1 aliphatic rings. The Morgan fingerprint density at radius 2 is 1.96 bits per heavy atom. The molecule has 2 aromatic carbocycles. The molecule has 1 aliphatic carbocycles. The zero-order valence-electron chi connectivity index (χ0n) is 15.6. The number of carbonyl (C=O) groups excluding carboxylic acids is 1. The summed E-state index contributed by atoms with van der Waals surface area (Å²) in [4.78, 5) is 12.7. The number of nitrogens with zero attached hydrogens (tertiary/aromatic N) is 2. The number of nitrogens with one attached hydrogen (secondary N) is 1. The van der Waals surface area contributed by atoms with E-state index in [-0.39, 0.29) is 11.9 Å². The fourth-order valence-corrected chi connectivity index (χ4v) is 3.72. The molecule has 0 saturated heterocycles. The van der Waals surface area contributed by atoms with Crippen molar-refractivity contribution in [2.45, 2.75) is 32.2 Å². The standard InChI is InChI=1S/C22H23N3O2/c1-15-6-3-4-7-18(15)22(26)24-20-8-5-9-21-19(20)14-23-25(21)16-10-12-17(27-2)13-11-16/h3-4,6-7,10-14,20H,5,8-9H2,1-2H3,(H,24,26). The van der Waals surface area contributed by atoms with E-state index in [9.17, 15) is 4.79 Å². The van der Waals surface area contributed by atoms with Crippen LogP contribution in [0.4, 0.5) is 0 Å². The molecule has 0 bridgehead atoms. The third-order valence-corrected chi connectivity index (χ3v) is 5.19. The Bertz CT molecular complexity index is 960. The number of fused-ring (bicyclic) bond motifs is 1. The maximum atomic E-state index is 12.7. The van der Waals surface area contributed by atoms with Gasteiger partial charge in [0.2, 0.25) is 0 Å². The Balaban J connectivity index is 1.60. The van der Waals surface area contributed by atoms with Crippen LogP contribution in [0.15, 0.2) is 54.7 Å². The highest BCUT2D eigenvalue weighted by Gasteiger charge is 2.26. The molecule has 0 radical (unpaired) electrons. The van der Waals surface area contributed by atoms with Crippen molar-refractivity contribution < 1.29 is 9.53 Å². The third kappa shape index (κ3) is 3.33. The molecule has 1 atom stereocenters. The minimum Gasteiger partial charge on any atom is -0.497 e. The summed E-state index contributed by atoms with van der Waals surface area (Å²) in [7, 11) is 1.66. The maximum Gasteiger partial charge on any atom is 0.252 e. The zero-order chi connectivity index (χ0) is 18.8. The van der Waals surface area contributed by atoms with Gasteiger partial charge in [-0.15, -0.1) is 0 Å². The van der Waals surface area contributed by atoms with Crippen molar-refractivity contribution in [1.29, 1.82) is 0 Å². The number of hydrogen-bond acceptors (Lipinski definition) is 3. The monoisotopic (exact) mass is 361 g/mol. The van der Waals surface area contributed by atoms with Crippen LogP contribution in [0.3, 0.4) is 0 Å². The van der Waals surface area contributed by atoms with Gasteiger partial charge in [0.15, 0.2) is 0 Å². The molecule has 0 spiro atoms. The minimum absolute atomic E-state index is 0.00662. The molecule has 3 aromatic rings. The normalized spacial score (nSPS) is 15.9. The molecule has 0 saturated carbocycles. The smallest absolute Gasteiger partial charge is 0.252 e. The van der Waals surface area contributed by atoms with E-state index in [0.29, 0.717) is 0 Å². The summed E-state index contributed by atoms with van der Waals surface area (Å²) in [5.41, 5.74) is 5.00. The van der Waals surface area contributed by atoms with Crippen molar-refractivity contribution in [2.24, 2.45) is 0 Å². The van der Waals surface area contributed by atoms with Crippen LogP contribution in [-0.2, 0) is 6.42 Å². The Labute approximate surface area is 159 Å². The molecule has 138 valence electrons. The highest BCUT2D eigenvalue weighted by atomic mass is 16.5. The Morgan fingerprint density at radius 3 is 2.70 bits per heavy atom. The largest absolute Gasteiger partial charge is 0.497 e. The number of carbonyl (C=O) groups is 1. The summed E-state index contributed by atoms with van der Waals surface area (Å²) in [6.07, 6.45) is 4.80. The highest BCUT2D eigenvalue weighted by molar-refractivity contribution is 5.95. The van der Waals surface area contributed by atoms with Gasteiger partial charge in [0, 0.05) is 16.8 Å². The fourth-order valence-electron chi connectivity index (χ4n) is 3.72. The second-order valence-corrected chi connectivity index (χ2v) is 6.89. The summed E-state index contributed by atoms with van der Waals surface area (Å²) in [5, 5.41) is 7.80. The van der Waals surface area contributed by atoms with Crippen LogP contribution >= 0.6 is 0 Å². The van der Waals surface area contributed by atoms with E-state index in [1.54, 1.807) is 7.11 Å². The van der Waals surface area contributed by atoms with Gasteiger partial charge < -0.3 is 10.1 Å². The van der Waals surface area contributed by atoms with Crippen LogP contribution in [0.5, 0.6) is 5.75 Å². The molecule has 1 amide bonds. The summed E-state index contributed by atoms with van der Waals surface area (Å²) in [6, 6.07) is 15.5. The Hall–Kier alpha value is -3.08. The molecule has 27 heavy (non-hydrogen) atoms. The lowest BCUT2D eigenvalue weighted by molar-refractivity contribution is 0.0932. The van der Waals surface area contributed by atoms with Gasteiger partial charge in [0.25, 0.3) is 5.91 Å². The number of methoxy groups -OCH3 is 1. The molecule has 4 rings (SSSR count). The van der Waals surface area contributed by atoms with E-state index in [2.05, 4.69) is 10.4 Å². The van der Waals surface area contributed by atoms with Crippen LogP contribution in [0.2, 0.25) is 0 Å². The predicted octanol–water partition coefficient (Wildman–Crippen LogP) is 4.00. The number of aromatic nitrogens is 2. The average Bonchev–Trinajstić information content (AvgIpc) is 3.13. The summed E-state index contributed by atoms with van der Waals surface area (Å²) in [5.74, 6) is 0.797. The van der Waals surface area contributed by atoms with Crippen molar-refractivity contribution >= 4 is 5.91 Å². The van der Waals surface area contributed by atoms with Gasteiger partial charge in [-0.1, -0.05) is 18.2 Å². The van der Waals surface area contributed by atoms with Crippen molar-refractivity contribution in [2.75, 3.05) is 7.11 Å². The molecule has 1 aromatic heterocycles. The van der Waals surface area contributed by atoms with Crippen LogP contribution in [0.1, 0.15) is 46.1 Å². The average molecular weight is 361 g/mol. The lowest BCUT2D eigenvalue weighted by atomic mass is 9.92. The van der Waals surface area contributed by atoms with Crippen LogP contribution in [0, 0.1) is 6.92 Å². The quantitative estimate of drug-likeness (QED) is 0.764. The molecule has 5 nitrogen and oxygen atoms in total. The second-order valence-electron chi connectivity index (χ2n) is 6.89. The Morgan fingerprint density at radius 1 is 1.19 bits per heavy atom. The van der Waals surface area contributed by atoms with Crippen LogP contribution < -0.4 is 10.1 Å². The van der Waals surface area contributed by atoms with Crippen molar-refractivity contribution in [1.82, 2.24) is 15.1 Å². The van der Waals surface area contributed by atoms with Crippen molar-refractivity contribution in [3.05, 3.63) is 77.1 Å². The number of benzene rings is 2. The second kappa shape index (κ2) is 7.27. The first kappa shape index (κ1) is 17.3. The SMILES string of the molecule is COc1ccc(-n2ncc3c2CCCC3NC(=O)c2ccccc2C)cc1. The predicted molar refractivity (Wildman–Crippen MR) is 104 cm³/mol. The van der Waals surface area contributed by atoms with Gasteiger partial charge in [-0.05, 0) is 62.1 Å². The number of aryl methyl sites for hydroxylation is 1. The molecular formula is C22H23N3O2. The molecule has 0 fully saturated rings. The van der Waals surface area contributed by atoms with Crippen molar-refractivity contribution in [3.8, 4) is 11.4 Å². The molecule has 0 aliphatic heterocycles. The zero-order valence-corrected chi connectivity index (χ0v) is 15.6. The van der Waals surface area contributed by atoms with E-state index in [0.717, 1.165) is 47.4 Å². The minimum atomic E-state index is -0.0249. The fraction of sp³-hybridized carbons (Fsp3) is 0.273. The summed E-state index contributed by atoms with van der Waals surface area (Å²) in [6.45, 7) is 1.96. The van der Waals surface area contributed by atoms with Crippen LogP contribution in [0.25, 0.3) is 5.69 Å². The summed E-state index contributed by atoms with van der Waals surface area (Å²) < 4.78 is 7.21. The number of ether oxygens (including phenoxy) is 1. The van der Waals surface area contributed by atoms with Gasteiger partial charge in [-0.2, -0.15) is 5.10 Å². The van der Waals surface area contributed by atoms with Gasteiger partial charge >= 0.3 is 0 Å². The molecule has 1 N–H and O–H groups in total. The summed E-state index contributed by atoms with van der Waals surface area (Å²) >= 11 is 0. The maximum absolute atomic E-state index is 12.7. The molecule has 1 unspecified atom stereocenters. The van der Waals surface area contributed by atoms with Gasteiger partial charge in [-0.3, -0.25) is 4.79 Å². The van der Waals surface area contributed by atoms with E-state index >= 15 is 0 Å². The first-order chi connectivity index (χ1) is 13.2. The van der Waals surface area contributed by atoms with Gasteiger partial charge in [-0.25, -0.2) is 4.68 Å². The first-order valence-electron chi connectivity index (χ1n) is 9.25. The highest BCUT2D eigenvalue weighted by Crippen LogP contribution is 2.31. The van der Waals surface area contributed by atoms with E-state index in [1.165, 1.54) is 5.69 Å². The molecule has 5 heteroatoms.